The van der Waals surface area contributed by atoms with Gasteiger partial charge in [0.2, 0.25) is 0 Å². The predicted octanol–water partition coefficient (Wildman–Crippen LogP) is 4.86. The average molecular weight is 445 g/mol. The lowest BCUT2D eigenvalue weighted by atomic mass is 10.2. The molecule has 0 spiro atoms. The van der Waals surface area contributed by atoms with Gasteiger partial charge in [-0.3, -0.25) is 9.52 Å². The standard InChI is InChI=1S/C22H21ClN2O4S/c1-15-6-5-7-18(14-15)29-16(2)22(26)24-17-10-12-19(13-11-17)30(27,28)25-21-9-4-3-8-20(21)23/h3-14,16,25H,1-2H3,(H,24,26)/t16-/m1/s1. The van der Waals surface area contributed by atoms with Gasteiger partial charge in [-0.25, -0.2) is 8.42 Å². The van der Waals surface area contributed by atoms with Gasteiger partial charge in [-0.15, -0.1) is 0 Å². The fraction of sp³-hybridized carbons (Fsp3) is 0.136. The van der Waals surface area contributed by atoms with Gasteiger partial charge in [0.1, 0.15) is 5.75 Å². The van der Waals surface area contributed by atoms with Gasteiger partial charge in [-0.1, -0.05) is 35.9 Å². The van der Waals surface area contributed by atoms with Crippen LogP contribution in [0.1, 0.15) is 12.5 Å². The van der Waals surface area contributed by atoms with Crippen molar-refractivity contribution in [2.24, 2.45) is 0 Å². The number of carbonyl (C=O) groups excluding carboxylic acids is 1. The van der Waals surface area contributed by atoms with Gasteiger partial charge in [-0.2, -0.15) is 0 Å². The molecule has 1 atom stereocenters. The van der Waals surface area contributed by atoms with Crippen LogP contribution in [0, 0.1) is 6.92 Å². The topological polar surface area (TPSA) is 84.5 Å². The Hall–Kier alpha value is -3.03. The van der Waals surface area contributed by atoms with Crippen LogP contribution in [0.4, 0.5) is 11.4 Å². The first-order chi connectivity index (χ1) is 14.2. The highest BCUT2D eigenvalue weighted by molar-refractivity contribution is 7.92. The monoisotopic (exact) mass is 444 g/mol. The number of sulfonamides is 1. The molecule has 0 saturated heterocycles. The molecule has 1 amide bonds. The van der Waals surface area contributed by atoms with Crippen molar-refractivity contribution in [2.45, 2.75) is 24.8 Å². The van der Waals surface area contributed by atoms with Gasteiger partial charge in [0, 0.05) is 5.69 Å². The first-order valence-corrected chi connectivity index (χ1v) is 11.0. The number of hydrogen-bond donors (Lipinski definition) is 2. The number of amides is 1. The van der Waals surface area contributed by atoms with Gasteiger partial charge in [0.05, 0.1) is 15.6 Å². The Morgan fingerprint density at radius 2 is 1.70 bits per heavy atom. The normalized spacial score (nSPS) is 12.1. The highest BCUT2D eigenvalue weighted by Gasteiger charge is 2.18. The van der Waals surface area contributed by atoms with Crippen LogP contribution in [0.15, 0.2) is 77.7 Å². The van der Waals surface area contributed by atoms with Crippen LogP contribution in [0.3, 0.4) is 0 Å². The molecule has 2 N–H and O–H groups in total. The van der Waals surface area contributed by atoms with Crippen LogP contribution >= 0.6 is 11.6 Å². The zero-order chi connectivity index (χ0) is 21.7. The van der Waals surface area contributed by atoms with E-state index in [0.29, 0.717) is 22.1 Å². The molecule has 0 saturated carbocycles. The van der Waals surface area contributed by atoms with Crippen LogP contribution in [-0.4, -0.2) is 20.4 Å². The summed E-state index contributed by atoms with van der Waals surface area (Å²) in [6.07, 6.45) is -0.725. The number of nitrogens with one attached hydrogen (secondary N) is 2. The number of anilines is 2. The molecule has 0 aliphatic heterocycles. The van der Waals surface area contributed by atoms with Crippen molar-refractivity contribution in [3.63, 3.8) is 0 Å². The molecule has 0 unspecified atom stereocenters. The van der Waals surface area contributed by atoms with Crippen molar-refractivity contribution in [2.75, 3.05) is 10.0 Å². The van der Waals surface area contributed by atoms with Crippen molar-refractivity contribution in [1.29, 1.82) is 0 Å². The quantitative estimate of drug-likeness (QED) is 0.545. The minimum Gasteiger partial charge on any atom is -0.481 e. The zero-order valence-electron chi connectivity index (χ0n) is 16.4. The number of benzene rings is 3. The molecule has 0 aliphatic rings. The minimum absolute atomic E-state index is 0.0458. The molecule has 3 aromatic carbocycles. The Bertz CT molecular complexity index is 1150. The summed E-state index contributed by atoms with van der Waals surface area (Å²) >= 11 is 6.01. The van der Waals surface area contributed by atoms with E-state index in [-0.39, 0.29) is 10.8 Å². The lowest BCUT2D eigenvalue weighted by Gasteiger charge is -2.15. The van der Waals surface area contributed by atoms with E-state index < -0.39 is 16.1 Å². The molecule has 156 valence electrons. The molecular formula is C22H21ClN2O4S. The molecule has 3 aromatic rings. The third-order valence-electron chi connectivity index (χ3n) is 4.22. The minimum atomic E-state index is -3.81. The molecule has 0 aliphatic carbocycles. The molecule has 0 aromatic heterocycles. The van der Waals surface area contributed by atoms with E-state index in [9.17, 15) is 13.2 Å². The molecule has 30 heavy (non-hydrogen) atoms. The number of halogens is 1. The molecule has 8 heteroatoms. The largest absolute Gasteiger partial charge is 0.481 e. The summed E-state index contributed by atoms with van der Waals surface area (Å²) in [5, 5.41) is 3.01. The molecular weight excluding hydrogens is 424 g/mol. The molecule has 0 fully saturated rings. The number of aryl methyl sites for hydroxylation is 1. The Kier molecular flexibility index (Phi) is 6.64. The Morgan fingerprint density at radius 3 is 2.37 bits per heavy atom. The predicted molar refractivity (Wildman–Crippen MR) is 119 cm³/mol. The van der Waals surface area contributed by atoms with Crippen LogP contribution in [0.5, 0.6) is 5.75 Å². The van der Waals surface area contributed by atoms with Gasteiger partial charge < -0.3 is 10.1 Å². The van der Waals surface area contributed by atoms with Crippen molar-refractivity contribution in [3.8, 4) is 5.75 Å². The summed E-state index contributed by atoms with van der Waals surface area (Å²) < 4.78 is 33.2. The first-order valence-electron chi connectivity index (χ1n) is 9.16. The number of rotatable bonds is 7. The Labute approximate surface area is 180 Å². The van der Waals surface area contributed by atoms with Crippen molar-refractivity contribution in [3.05, 3.63) is 83.4 Å². The molecule has 0 radical (unpaired) electrons. The smallest absolute Gasteiger partial charge is 0.265 e. The zero-order valence-corrected chi connectivity index (χ0v) is 18.0. The maximum atomic E-state index is 12.5. The molecule has 6 nitrogen and oxygen atoms in total. The van der Waals surface area contributed by atoms with Gasteiger partial charge in [-0.05, 0) is 67.9 Å². The van der Waals surface area contributed by atoms with E-state index in [0.717, 1.165) is 5.56 Å². The molecule has 0 heterocycles. The summed E-state index contributed by atoms with van der Waals surface area (Å²) in [6.45, 7) is 3.58. The van der Waals surface area contributed by atoms with E-state index in [4.69, 9.17) is 16.3 Å². The highest BCUT2D eigenvalue weighted by Crippen LogP contribution is 2.24. The molecule has 3 rings (SSSR count). The van der Waals surface area contributed by atoms with Crippen LogP contribution < -0.4 is 14.8 Å². The second-order valence-corrected chi connectivity index (χ2v) is 8.77. The Morgan fingerprint density at radius 1 is 1.00 bits per heavy atom. The Balaban J connectivity index is 1.65. The van der Waals surface area contributed by atoms with E-state index in [1.165, 1.54) is 24.3 Å². The fourth-order valence-electron chi connectivity index (χ4n) is 2.66. The third kappa shape index (κ3) is 5.52. The second-order valence-electron chi connectivity index (χ2n) is 6.68. The average Bonchev–Trinajstić information content (AvgIpc) is 2.70. The van der Waals surface area contributed by atoms with Crippen molar-refractivity contribution in [1.82, 2.24) is 0 Å². The fourth-order valence-corrected chi connectivity index (χ4v) is 3.97. The van der Waals surface area contributed by atoms with Gasteiger partial charge >= 0.3 is 0 Å². The summed E-state index contributed by atoms with van der Waals surface area (Å²) in [5.74, 6) is 0.256. The highest BCUT2D eigenvalue weighted by atomic mass is 35.5. The lowest BCUT2D eigenvalue weighted by Crippen LogP contribution is -2.30. The SMILES string of the molecule is Cc1cccc(O[C@H](C)C(=O)Nc2ccc(S(=O)(=O)Nc3ccccc3Cl)cc2)c1. The maximum absolute atomic E-state index is 12.5. The van der Waals surface area contributed by atoms with Crippen molar-refractivity contribution < 1.29 is 17.9 Å². The maximum Gasteiger partial charge on any atom is 0.265 e. The van der Waals surface area contributed by atoms with Gasteiger partial charge in [0.15, 0.2) is 6.10 Å². The summed E-state index contributed by atoms with van der Waals surface area (Å²) in [7, 11) is -3.81. The number of ether oxygens (including phenoxy) is 1. The summed E-state index contributed by atoms with van der Waals surface area (Å²) in [6, 6.07) is 19.8. The number of para-hydroxylation sites is 1. The lowest BCUT2D eigenvalue weighted by molar-refractivity contribution is -0.122. The van der Waals surface area contributed by atoms with Gasteiger partial charge in [0.25, 0.3) is 15.9 Å². The first kappa shape index (κ1) is 21.7. The van der Waals surface area contributed by atoms with Crippen LogP contribution in [-0.2, 0) is 14.8 Å². The van der Waals surface area contributed by atoms with Crippen LogP contribution in [0.2, 0.25) is 5.02 Å². The van der Waals surface area contributed by atoms with E-state index in [1.54, 1.807) is 37.3 Å². The van der Waals surface area contributed by atoms with Crippen LogP contribution in [0.25, 0.3) is 0 Å². The van der Waals surface area contributed by atoms with E-state index in [1.807, 2.05) is 25.1 Å². The van der Waals surface area contributed by atoms with E-state index >= 15 is 0 Å². The summed E-state index contributed by atoms with van der Waals surface area (Å²) in [5.41, 5.74) is 1.78. The summed E-state index contributed by atoms with van der Waals surface area (Å²) in [4.78, 5) is 12.4. The molecule has 0 bridgehead atoms. The number of carbonyl (C=O) groups is 1. The number of hydrogen-bond acceptors (Lipinski definition) is 4. The van der Waals surface area contributed by atoms with E-state index in [2.05, 4.69) is 10.0 Å². The third-order valence-corrected chi connectivity index (χ3v) is 5.93. The van der Waals surface area contributed by atoms with Crippen molar-refractivity contribution >= 4 is 38.9 Å². The second kappa shape index (κ2) is 9.19.